The fourth-order valence-corrected chi connectivity index (χ4v) is 6.61. The van der Waals surface area contributed by atoms with E-state index in [2.05, 4.69) is 156 Å². The molecule has 222 valence electrons. The third-order valence-electron chi connectivity index (χ3n) is 8.83. The predicted octanol–water partition coefficient (Wildman–Crippen LogP) is 11.0. The van der Waals surface area contributed by atoms with Gasteiger partial charge in [-0.3, -0.25) is 0 Å². The number of nitrogens with zero attached hydrogens (tertiary/aromatic N) is 2. The first-order valence-corrected chi connectivity index (χ1v) is 16.1. The Labute approximate surface area is 268 Å². The number of benzene rings is 3. The smallest absolute Gasteiger partial charge is 0.0737 e. The van der Waals surface area contributed by atoms with Crippen LogP contribution >= 0.6 is 0 Å². The molecular weight excluding hydrogens is 560 g/mol. The van der Waals surface area contributed by atoms with Gasteiger partial charge in [-0.1, -0.05) is 104 Å². The Hall–Kier alpha value is -5.74. The van der Waals surface area contributed by atoms with Crippen molar-refractivity contribution in [3.05, 3.63) is 144 Å². The van der Waals surface area contributed by atoms with Crippen LogP contribution in [0.25, 0.3) is 79.8 Å². The van der Waals surface area contributed by atoms with Crippen LogP contribution in [-0.2, 0) is 6.42 Å². The molecule has 8 rings (SSSR count). The van der Waals surface area contributed by atoms with Crippen molar-refractivity contribution in [1.82, 2.24) is 19.9 Å². The van der Waals surface area contributed by atoms with Crippen LogP contribution < -0.4 is 0 Å². The Bertz CT molecular complexity index is 2230. The summed E-state index contributed by atoms with van der Waals surface area (Å²) in [7, 11) is 0. The maximum Gasteiger partial charge on any atom is 0.0737 e. The predicted molar refractivity (Wildman–Crippen MR) is 194 cm³/mol. The molecule has 8 bridgehead atoms. The molecule has 0 spiro atoms. The lowest BCUT2D eigenvalue weighted by atomic mass is 10.0. The van der Waals surface area contributed by atoms with Gasteiger partial charge in [0.05, 0.1) is 22.8 Å². The van der Waals surface area contributed by atoms with Crippen molar-refractivity contribution in [2.24, 2.45) is 0 Å². The van der Waals surface area contributed by atoms with Crippen molar-refractivity contribution in [1.29, 1.82) is 0 Å². The lowest BCUT2D eigenvalue weighted by molar-refractivity contribution is 0.795. The number of H-pyrrole nitrogens is 2. The highest BCUT2D eigenvalue weighted by atomic mass is 14.8. The number of aromatic amines is 2. The molecule has 0 saturated carbocycles. The Morgan fingerprint density at radius 3 is 1.24 bits per heavy atom. The van der Waals surface area contributed by atoms with E-state index in [1.54, 1.807) is 0 Å². The summed E-state index contributed by atoms with van der Waals surface area (Å²) in [5.74, 6) is 0. The number of rotatable bonds is 6. The van der Waals surface area contributed by atoms with Crippen LogP contribution in [0.1, 0.15) is 48.1 Å². The lowest BCUT2D eigenvalue weighted by Crippen LogP contribution is -1.92. The summed E-state index contributed by atoms with van der Waals surface area (Å²) < 4.78 is 0. The SMILES string of the molecule is CCCCc1c2nc(c(-c3ccccc3)c3ccc([nH]3)c(-c3ccccc3)c3nc(c(-c4ccccc4)c4ccc1[nH]4)C=C3)C=C2. The summed E-state index contributed by atoms with van der Waals surface area (Å²) >= 11 is 0. The normalized spacial score (nSPS) is 12.1. The minimum atomic E-state index is 0.923. The van der Waals surface area contributed by atoms with Crippen LogP contribution in [-0.4, -0.2) is 19.9 Å². The molecule has 0 radical (unpaired) electrons. The van der Waals surface area contributed by atoms with E-state index in [1.165, 1.54) is 5.56 Å². The van der Waals surface area contributed by atoms with Gasteiger partial charge in [-0.15, -0.1) is 0 Å². The van der Waals surface area contributed by atoms with Crippen molar-refractivity contribution < 1.29 is 0 Å². The lowest BCUT2D eigenvalue weighted by Gasteiger charge is -2.06. The van der Waals surface area contributed by atoms with Gasteiger partial charge in [-0.25, -0.2) is 9.97 Å². The van der Waals surface area contributed by atoms with Crippen molar-refractivity contribution >= 4 is 46.4 Å². The summed E-state index contributed by atoms with van der Waals surface area (Å²) in [6.07, 6.45) is 11.8. The van der Waals surface area contributed by atoms with Crippen LogP contribution in [0.2, 0.25) is 0 Å². The number of aryl methyl sites for hydroxylation is 1. The summed E-state index contributed by atoms with van der Waals surface area (Å²) in [4.78, 5) is 18.3. The van der Waals surface area contributed by atoms with Gasteiger partial charge in [0, 0.05) is 44.3 Å². The third kappa shape index (κ3) is 5.08. The Balaban J connectivity index is 1.55. The van der Waals surface area contributed by atoms with Crippen LogP contribution in [0.4, 0.5) is 0 Å². The number of hydrogen-bond donors (Lipinski definition) is 2. The first-order chi connectivity index (χ1) is 22.8. The van der Waals surface area contributed by atoms with Crippen LogP contribution in [0.5, 0.6) is 0 Å². The van der Waals surface area contributed by atoms with Gasteiger partial charge in [0.25, 0.3) is 0 Å². The maximum absolute atomic E-state index is 5.34. The largest absolute Gasteiger partial charge is 0.355 e. The quantitative estimate of drug-likeness (QED) is 0.201. The second-order valence-electron chi connectivity index (χ2n) is 11.8. The van der Waals surface area contributed by atoms with E-state index in [9.17, 15) is 0 Å². The molecule has 0 saturated heterocycles. The van der Waals surface area contributed by atoms with Gasteiger partial charge < -0.3 is 9.97 Å². The molecule has 2 N–H and O–H groups in total. The Morgan fingerprint density at radius 1 is 0.435 bits per heavy atom. The minimum absolute atomic E-state index is 0.923. The zero-order valence-electron chi connectivity index (χ0n) is 25.8. The van der Waals surface area contributed by atoms with Crippen molar-refractivity contribution in [3.63, 3.8) is 0 Å². The van der Waals surface area contributed by atoms with Crippen LogP contribution in [0.15, 0.2) is 115 Å². The highest BCUT2D eigenvalue weighted by Crippen LogP contribution is 2.36. The van der Waals surface area contributed by atoms with Gasteiger partial charge in [-0.2, -0.15) is 0 Å². The number of fused-ring (bicyclic) bond motifs is 8. The van der Waals surface area contributed by atoms with Gasteiger partial charge in [0.15, 0.2) is 0 Å². The van der Waals surface area contributed by atoms with Crippen molar-refractivity contribution in [2.45, 2.75) is 26.2 Å². The van der Waals surface area contributed by atoms with E-state index in [0.717, 1.165) is 97.5 Å². The first kappa shape index (κ1) is 27.8. The molecule has 2 aliphatic heterocycles. The van der Waals surface area contributed by atoms with Gasteiger partial charge in [0.2, 0.25) is 0 Å². The van der Waals surface area contributed by atoms with E-state index < -0.39 is 0 Å². The van der Waals surface area contributed by atoms with E-state index in [0.29, 0.717) is 0 Å². The molecule has 3 aromatic carbocycles. The fourth-order valence-electron chi connectivity index (χ4n) is 6.61. The highest BCUT2D eigenvalue weighted by Gasteiger charge is 2.18. The van der Waals surface area contributed by atoms with Crippen LogP contribution in [0.3, 0.4) is 0 Å². The van der Waals surface area contributed by atoms with E-state index >= 15 is 0 Å². The summed E-state index contributed by atoms with van der Waals surface area (Å²) in [6.45, 7) is 2.24. The molecule has 4 heteroatoms. The monoisotopic (exact) mass is 594 g/mol. The molecular formula is C42H34N4. The van der Waals surface area contributed by atoms with E-state index in [1.807, 2.05) is 0 Å². The number of unbranched alkanes of at least 4 members (excludes halogenated alkanes) is 1. The molecule has 0 fully saturated rings. The molecule has 3 aromatic heterocycles. The zero-order chi connectivity index (χ0) is 30.9. The molecule has 6 aromatic rings. The highest BCUT2D eigenvalue weighted by molar-refractivity contribution is 5.97. The molecule has 4 nitrogen and oxygen atoms in total. The average Bonchev–Trinajstić information content (AvgIpc) is 3.93. The van der Waals surface area contributed by atoms with Gasteiger partial charge in [0.1, 0.15) is 0 Å². The summed E-state index contributed by atoms with van der Waals surface area (Å²) in [6, 6.07) is 40.4. The zero-order valence-corrected chi connectivity index (χ0v) is 25.8. The molecule has 0 unspecified atom stereocenters. The number of nitrogens with one attached hydrogen (secondary N) is 2. The van der Waals surface area contributed by atoms with Crippen LogP contribution in [0, 0.1) is 0 Å². The average molecular weight is 595 g/mol. The second kappa shape index (κ2) is 12.0. The van der Waals surface area contributed by atoms with Crippen molar-refractivity contribution in [3.8, 4) is 33.4 Å². The summed E-state index contributed by atoms with van der Waals surface area (Å²) in [5.41, 5.74) is 15.8. The summed E-state index contributed by atoms with van der Waals surface area (Å²) in [5, 5.41) is 0. The molecule has 2 aliphatic rings. The number of hydrogen-bond acceptors (Lipinski definition) is 2. The van der Waals surface area contributed by atoms with Gasteiger partial charge >= 0.3 is 0 Å². The molecule has 0 atom stereocenters. The maximum atomic E-state index is 5.34. The topological polar surface area (TPSA) is 57.4 Å². The molecule has 5 heterocycles. The molecule has 0 aliphatic carbocycles. The Kier molecular flexibility index (Phi) is 7.24. The van der Waals surface area contributed by atoms with E-state index in [-0.39, 0.29) is 0 Å². The first-order valence-electron chi connectivity index (χ1n) is 16.1. The minimum Gasteiger partial charge on any atom is -0.355 e. The van der Waals surface area contributed by atoms with Gasteiger partial charge in [-0.05, 0) is 78.1 Å². The molecule has 0 amide bonds. The third-order valence-corrected chi connectivity index (χ3v) is 8.83. The standard InChI is InChI=1S/C42H34N4/c1-2-3-19-31-32-20-22-34(43-32)40(28-13-7-4-8-14-28)36-24-26-38(45-36)42(30-17-11-6-12-18-30)39-27-25-37(46-39)41(29-15-9-5-10-16-29)35-23-21-33(31)44-35/h4-18,20-27,43,46H,2-3,19H2,1H3. The Morgan fingerprint density at radius 2 is 0.804 bits per heavy atom. The van der Waals surface area contributed by atoms with E-state index in [4.69, 9.17) is 9.97 Å². The molecule has 46 heavy (non-hydrogen) atoms. The van der Waals surface area contributed by atoms with Crippen molar-refractivity contribution in [2.75, 3.05) is 0 Å². The number of aromatic nitrogens is 4. The second-order valence-corrected chi connectivity index (χ2v) is 11.8. The fraction of sp³-hybridized carbons (Fsp3) is 0.0952.